The van der Waals surface area contributed by atoms with Gasteiger partial charge in [-0.05, 0) is 35.4 Å². The van der Waals surface area contributed by atoms with Crippen molar-refractivity contribution in [3.05, 3.63) is 95.1 Å². The van der Waals surface area contributed by atoms with Crippen LogP contribution in [-0.4, -0.2) is 46.2 Å². The molecule has 0 saturated carbocycles. The summed E-state index contributed by atoms with van der Waals surface area (Å²) in [4.78, 5) is 28.8. The van der Waals surface area contributed by atoms with Gasteiger partial charge >= 0.3 is 0 Å². The minimum absolute atomic E-state index is 0.0102. The zero-order chi connectivity index (χ0) is 29.7. The van der Waals surface area contributed by atoms with Crippen LogP contribution in [0.15, 0.2) is 72.8 Å². The fourth-order valence-corrected chi connectivity index (χ4v) is 5.68. The number of Topliss-reactive ketones (excluding diaryl/α,β-unsaturated/α-hetero) is 2. The van der Waals surface area contributed by atoms with Crippen LogP contribution < -0.4 is 18.9 Å². The smallest absolute Gasteiger partial charge is 0.178 e. The molecule has 0 unspecified atom stereocenters. The van der Waals surface area contributed by atoms with E-state index in [4.69, 9.17) is 18.9 Å². The predicted molar refractivity (Wildman–Crippen MR) is 148 cm³/mol. The third-order valence-corrected chi connectivity index (χ3v) is 7.67. The van der Waals surface area contributed by atoms with Gasteiger partial charge in [0, 0.05) is 24.3 Å². The zero-order valence-electron chi connectivity index (χ0n) is 22.5. The summed E-state index contributed by atoms with van der Waals surface area (Å²) in [6.07, 6.45) is -2.15. The molecule has 10 nitrogen and oxygen atoms in total. The lowest BCUT2D eigenvalue weighted by molar-refractivity contribution is 0.0129. The molecule has 10 heteroatoms. The lowest BCUT2D eigenvalue weighted by atomic mass is 9.69. The van der Waals surface area contributed by atoms with Crippen LogP contribution in [0.4, 0.5) is 0 Å². The van der Waals surface area contributed by atoms with E-state index in [1.54, 1.807) is 24.3 Å². The maximum atomic E-state index is 14.4. The molecule has 0 amide bonds. The van der Waals surface area contributed by atoms with E-state index in [1.807, 2.05) is 0 Å². The van der Waals surface area contributed by atoms with Crippen LogP contribution in [0.5, 0.6) is 46.0 Å². The predicted octanol–water partition coefficient (Wildman–Crippen LogP) is 5.09. The number of ketones is 2. The molecule has 0 aliphatic carbocycles. The van der Waals surface area contributed by atoms with Gasteiger partial charge in [0.2, 0.25) is 0 Å². The van der Waals surface area contributed by atoms with Crippen LogP contribution in [0, 0.1) is 11.8 Å². The van der Waals surface area contributed by atoms with E-state index in [9.17, 15) is 30.0 Å². The Hall–Kier alpha value is -5.38. The molecule has 2 aliphatic heterocycles. The van der Waals surface area contributed by atoms with Crippen LogP contribution in [0.25, 0.3) is 0 Å². The zero-order valence-corrected chi connectivity index (χ0v) is 22.5. The lowest BCUT2D eigenvalue weighted by Crippen LogP contribution is -2.45. The first-order valence-electron chi connectivity index (χ1n) is 13.0. The Morgan fingerprint density at radius 2 is 0.929 bits per heavy atom. The normalized spacial score (nSPS) is 21.0. The SMILES string of the molecule is COc1cc(O)c2c(c1)O[C@H](c1ccc(O)cc1)[C@H]([C@@H]1C(=O)c3c(O)cc(OC)cc3O[C@@H]1c1ccc(O)cc1)C2=O. The molecule has 214 valence electrons. The number of rotatable bonds is 5. The highest BCUT2D eigenvalue weighted by molar-refractivity contribution is 6.11. The summed E-state index contributed by atoms with van der Waals surface area (Å²) in [5, 5.41) is 41.6. The molecule has 6 rings (SSSR count). The minimum atomic E-state index is -1.26. The fraction of sp³-hybridized carbons (Fsp3) is 0.188. The molecule has 42 heavy (non-hydrogen) atoms. The van der Waals surface area contributed by atoms with Gasteiger partial charge in [0.05, 0.1) is 26.1 Å². The van der Waals surface area contributed by atoms with Gasteiger partial charge in [-0.25, -0.2) is 0 Å². The van der Waals surface area contributed by atoms with E-state index in [1.165, 1.54) is 62.8 Å². The number of carbonyl (C=O) groups excluding carboxylic acids is 2. The van der Waals surface area contributed by atoms with Gasteiger partial charge in [0.1, 0.15) is 69.3 Å². The molecule has 0 saturated heterocycles. The summed E-state index contributed by atoms with van der Waals surface area (Å²) in [5.41, 5.74) is 0.692. The molecule has 4 atom stereocenters. The van der Waals surface area contributed by atoms with E-state index in [0.29, 0.717) is 11.1 Å². The summed E-state index contributed by atoms with van der Waals surface area (Å²) in [6.45, 7) is 0. The molecule has 4 aromatic rings. The van der Waals surface area contributed by atoms with Crippen LogP contribution >= 0.6 is 0 Å². The molecule has 0 bridgehead atoms. The molecule has 0 aromatic heterocycles. The molecular weight excluding hydrogens is 544 g/mol. The van der Waals surface area contributed by atoms with Crippen LogP contribution in [-0.2, 0) is 0 Å². The standard InChI is InChI=1S/C32H26O10/c1-39-19-11-21(35)25-23(13-19)41-31(15-3-7-17(33)8-4-15)27(29(25)37)28-30(38)26-22(36)12-20(40-2)14-24(26)42-32(28)16-5-9-18(34)10-6-16/h3-14,27-28,31-36H,1-2H3/t27-,28-,31-,32-/m1/s1. The van der Waals surface area contributed by atoms with E-state index in [-0.39, 0.29) is 57.1 Å². The second-order valence-corrected chi connectivity index (χ2v) is 10.1. The van der Waals surface area contributed by atoms with Crippen molar-refractivity contribution < 1.29 is 49.0 Å². The number of carbonyl (C=O) groups is 2. The van der Waals surface area contributed by atoms with Gasteiger partial charge in [0.15, 0.2) is 11.6 Å². The van der Waals surface area contributed by atoms with Crippen molar-refractivity contribution in [2.24, 2.45) is 11.8 Å². The number of phenolic OH excluding ortho intramolecular Hbond substituents is 4. The first-order chi connectivity index (χ1) is 20.2. The van der Waals surface area contributed by atoms with Crippen LogP contribution in [0.3, 0.4) is 0 Å². The second-order valence-electron chi connectivity index (χ2n) is 10.1. The van der Waals surface area contributed by atoms with E-state index < -0.39 is 35.6 Å². The minimum Gasteiger partial charge on any atom is -0.508 e. The summed E-state index contributed by atoms with van der Waals surface area (Å²) < 4.78 is 23.2. The molecular formula is C32H26O10. The molecule has 0 fully saturated rings. The summed E-state index contributed by atoms with van der Waals surface area (Å²) >= 11 is 0. The van der Waals surface area contributed by atoms with Gasteiger partial charge in [-0.3, -0.25) is 9.59 Å². The molecule has 4 N–H and O–H groups in total. The van der Waals surface area contributed by atoms with Crippen molar-refractivity contribution >= 4 is 11.6 Å². The van der Waals surface area contributed by atoms with Crippen molar-refractivity contribution in [1.82, 2.24) is 0 Å². The van der Waals surface area contributed by atoms with Crippen LogP contribution in [0.2, 0.25) is 0 Å². The van der Waals surface area contributed by atoms with Gasteiger partial charge in [-0.15, -0.1) is 0 Å². The van der Waals surface area contributed by atoms with Gasteiger partial charge in [0.25, 0.3) is 0 Å². The van der Waals surface area contributed by atoms with E-state index >= 15 is 0 Å². The second kappa shape index (κ2) is 10.2. The quantitative estimate of drug-likeness (QED) is 0.255. The highest BCUT2D eigenvalue weighted by atomic mass is 16.5. The van der Waals surface area contributed by atoms with Crippen molar-refractivity contribution in [3.8, 4) is 46.0 Å². The Bertz CT molecular complexity index is 1570. The van der Waals surface area contributed by atoms with Crippen molar-refractivity contribution in [2.75, 3.05) is 14.2 Å². The van der Waals surface area contributed by atoms with Crippen LogP contribution in [0.1, 0.15) is 44.1 Å². The number of aromatic hydroxyl groups is 4. The fourth-order valence-electron chi connectivity index (χ4n) is 5.68. The largest absolute Gasteiger partial charge is 0.508 e. The highest BCUT2D eigenvalue weighted by Crippen LogP contribution is 2.53. The Kier molecular flexibility index (Phi) is 6.53. The average Bonchev–Trinajstić information content (AvgIpc) is 2.97. The Labute approximate surface area is 239 Å². The molecule has 0 radical (unpaired) electrons. The first-order valence-corrected chi connectivity index (χ1v) is 13.0. The number of benzene rings is 4. The molecule has 2 aliphatic rings. The van der Waals surface area contributed by atoms with Crippen molar-refractivity contribution in [1.29, 1.82) is 0 Å². The molecule has 0 spiro atoms. The first kappa shape index (κ1) is 26.8. The van der Waals surface area contributed by atoms with Gasteiger partial charge < -0.3 is 39.4 Å². The number of hydrogen-bond acceptors (Lipinski definition) is 10. The topological polar surface area (TPSA) is 152 Å². The van der Waals surface area contributed by atoms with E-state index in [0.717, 1.165) is 0 Å². The Balaban J connectivity index is 1.58. The molecule has 2 heterocycles. The highest BCUT2D eigenvalue weighted by Gasteiger charge is 2.53. The third kappa shape index (κ3) is 4.37. The Morgan fingerprint density at radius 1 is 0.571 bits per heavy atom. The van der Waals surface area contributed by atoms with Crippen molar-refractivity contribution in [3.63, 3.8) is 0 Å². The maximum Gasteiger partial charge on any atom is 0.178 e. The van der Waals surface area contributed by atoms with E-state index in [2.05, 4.69) is 0 Å². The Morgan fingerprint density at radius 3 is 1.26 bits per heavy atom. The van der Waals surface area contributed by atoms with Gasteiger partial charge in [-0.1, -0.05) is 24.3 Å². The average molecular weight is 571 g/mol. The number of ether oxygens (including phenoxy) is 4. The summed E-state index contributed by atoms with van der Waals surface area (Å²) in [5.74, 6) is -3.86. The van der Waals surface area contributed by atoms with Gasteiger partial charge in [-0.2, -0.15) is 0 Å². The summed E-state index contributed by atoms with van der Waals surface area (Å²) in [7, 11) is 2.82. The van der Waals surface area contributed by atoms with Crippen molar-refractivity contribution in [2.45, 2.75) is 12.2 Å². The third-order valence-electron chi connectivity index (χ3n) is 7.67. The maximum absolute atomic E-state index is 14.4. The molecule has 4 aromatic carbocycles. The monoisotopic (exact) mass is 570 g/mol. The number of phenols is 4. The summed E-state index contributed by atoms with van der Waals surface area (Å²) in [6, 6.07) is 17.5. The lowest BCUT2D eigenvalue weighted by Gasteiger charge is -2.42. The number of methoxy groups -OCH3 is 2. The number of hydrogen-bond donors (Lipinski definition) is 4. The number of fused-ring (bicyclic) bond motifs is 2.